The third-order valence-electron chi connectivity index (χ3n) is 6.66. The quantitative estimate of drug-likeness (QED) is 0.767. The highest BCUT2D eigenvalue weighted by Crippen LogP contribution is 2.63. The molecule has 4 saturated carbocycles. The number of carbonyl (C=O) groups excluding carboxylic acids is 2. The topological polar surface area (TPSA) is 78.9 Å². The van der Waals surface area contributed by atoms with E-state index in [0.717, 1.165) is 44.4 Å². The van der Waals surface area contributed by atoms with Gasteiger partial charge in [0.25, 0.3) is 0 Å². The first-order chi connectivity index (χ1) is 12.6. The standard InChI is InChI=1S/C20H32N2O4S/c1-18(2,3)26-17(24)21-15(16(23)22-4-5-27-12-22)19-7-13-6-14(8-19)10-20(25,9-13)11-19/h13-15,25H,4-12H2,1-3H3,(H,21,24). The molecule has 5 aliphatic rings. The van der Waals surface area contributed by atoms with Gasteiger partial charge in [0.05, 0.1) is 11.5 Å². The molecule has 1 heterocycles. The van der Waals surface area contributed by atoms with Gasteiger partial charge in [0.2, 0.25) is 5.91 Å². The monoisotopic (exact) mass is 396 g/mol. The minimum Gasteiger partial charge on any atom is -0.444 e. The second-order valence-corrected chi connectivity index (χ2v) is 11.3. The number of nitrogens with one attached hydrogen (secondary N) is 1. The van der Waals surface area contributed by atoms with Crippen molar-refractivity contribution in [2.24, 2.45) is 17.3 Å². The Hall–Kier alpha value is -0.950. The van der Waals surface area contributed by atoms with Crippen LogP contribution < -0.4 is 5.32 Å². The maximum atomic E-state index is 13.4. The van der Waals surface area contributed by atoms with E-state index in [1.807, 2.05) is 25.7 Å². The number of hydrogen-bond acceptors (Lipinski definition) is 5. The molecule has 0 aromatic carbocycles. The van der Waals surface area contributed by atoms with Crippen LogP contribution in [0, 0.1) is 17.3 Å². The molecule has 2 N–H and O–H groups in total. The number of carbonyl (C=O) groups is 2. The Morgan fingerprint density at radius 3 is 2.41 bits per heavy atom. The first-order valence-electron chi connectivity index (χ1n) is 10.2. The largest absolute Gasteiger partial charge is 0.444 e. The molecule has 1 saturated heterocycles. The summed E-state index contributed by atoms with van der Waals surface area (Å²) < 4.78 is 5.48. The van der Waals surface area contributed by atoms with E-state index in [4.69, 9.17) is 4.74 Å². The first kappa shape index (κ1) is 19.4. The molecule has 5 rings (SSSR count). The molecule has 6 nitrogen and oxygen atoms in total. The van der Waals surface area contributed by atoms with Gasteiger partial charge in [0.15, 0.2) is 0 Å². The summed E-state index contributed by atoms with van der Waals surface area (Å²) in [5, 5.41) is 14.1. The molecular weight excluding hydrogens is 364 g/mol. The molecule has 3 atom stereocenters. The molecule has 2 amide bonds. The average molecular weight is 397 g/mol. The number of nitrogens with zero attached hydrogens (tertiary/aromatic N) is 1. The van der Waals surface area contributed by atoms with Gasteiger partial charge in [-0.2, -0.15) is 0 Å². The molecule has 27 heavy (non-hydrogen) atoms. The van der Waals surface area contributed by atoms with Crippen LogP contribution in [0.3, 0.4) is 0 Å². The summed E-state index contributed by atoms with van der Waals surface area (Å²) in [5.74, 6) is 2.53. The Labute approximate surface area is 165 Å². The smallest absolute Gasteiger partial charge is 0.408 e. The van der Waals surface area contributed by atoms with Crippen molar-refractivity contribution < 1.29 is 19.4 Å². The minimum atomic E-state index is -0.669. The van der Waals surface area contributed by atoms with Crippen LogP contribution >= 0.6 is 11.8 Å². The van der Waals surface area contributed by atoms with E-state index in [1.165, 1.54) is 0 Å². The lowest BCUT2D eigenvalue weighted by Gasteiger charge is -2.62. The Kier molecular flexibility index (Phi) is 4.70. The van der Waals surface area contributed by atoms with Gasteiger partial charge in [-0.05, 0) is 71.1 Å². The predicted molar refractivity (Wildman–Crippen MR) is 104 cm³/mol. The first-order valence-corrected chi connectivity index (χ1v) is 11.3. The van der Waals surface area contributed by atoms with E-state index in [-0.39, 0.29) is 11.3 Å². The van der Waals surface area contributed by atoms with Crippen LogP contribution in [0.2, 0.25) is 0 Å². The van der Waals surface area contributed by atoms with Crippen molar-refractivity contribution >= 4 is 23.8 Å². The molecule has 7 heteroatoms. The average Bonchev–Trinajstić information content (AvgIpc) is 3.02. The molecule has 1 aliphatic heterocycles. The molecule has 0 radical (unpaired) electrons. The Balaban J connectivity index is 1.61. The van der Waals surface area contributed by atoms with Gasteiger partial charge < -0.3 is 20.1 Å². The van der Waals surface area contributed by atoms with Gasteiger partial charge >= 0.3 is 6.09 Å². The summed E-state index contributed by atoms with van der Waals surface area (Å²) in [4.78, 5) is 27.9. The van der Waals surface area contributed by atoms with Crippen LogP contribution in [0.25, 0.3) is 0 Å². The van der Waals surface area contributed by atoms with Crippen LogP contribution in [0.15, 0.2) is 0 Å². The molecule has 4 bridgehead atoms. The molecule has 3 unspecified atom stereocenters. The number of ether oxygens (including phenoxy) is 1. The zero-order chi connectivity index (χ0) is 19.4. The molecule has 0 spiro atoms. The fourth-order valence-electron chi connectivity index (χ4n) is 6.29. The van der Waals surface area contributed by atoms with Crippen molar-refractivity contribution in [1.29, 1.82) is 0 Å². The van der Waals surface area contributed by atoms with Crippen LogP contribution in [-0.2, 0) is 9.53 Å². The Bertz CT molecular complexity index is 612. The zero-order valence-electron chi connectivity index (χ0n) is 16.6. The highest BCUT2D eigenvalue weighted by Gasteiger charge is 2.61. The maximum Gasteiger partial charge on any atom is 0.408 e. The summed E-state index contributed by atoms with van der Waals surface area (Å²) in [7, 11) is 0. The second kappa shape index (κ2) is 6.55. The van der Waals surface area contributed by atoms with Crippen molar-refractivity contribution in [3.63, 3.8) is 0 Å². The van der Waals surface area contributed by atoms with Crippen molar-refractivity contribution in [3.05, 3.63) is 0 Å². The van der Waals surface area contributed by atoms with E-state index in [0.29, 0.717) is 24.1 Å². The van der Waals surface area contributed by atoms with Gasteiger partial charge in [-0.3, -0.25) is 4.79 Å². The third-order valence-corrected chi connectivity index (χ3v) is 7.63. The van der Waals surface area contributed by atoms with Crippen LogP contribution in [-0.4, -0.2) is 57.4 Å². The van der Waals surface area contributed by atoms with Crippen molar-refractivity contribution in [1.82, 2.24) is 10.2 Å². The normalized spacial score (nSPS) is 38.7. The Morgan fingerprint density at radius 1 is 1.22 bits per heavy atom. The number of alkyl carbamates (subject to hydrolysis) is 1. The van der Waals surface area contributed by atoms with Crippen LogP contribution in [0.1, 0.15) is 59.3 Å². The number of rotatable bonds is 3. The van der Waals surface area contributed by atoms with Gasteiger partial charge in [0.1, 0.15) is 11.6 Å². The Morgan fingerprint density at radius 2 is 1.89 bits per heavy atom. The molecule has 0 aromatic rings. The fraction of sp³-hybridized carbons (Fsp3) is 0.900. The number of thioether (sulfide) groups is 1. The summed E-state index contributed by atoms with van der Waals surface area (Å²) in [6.45, 7) is 6.21. The summed E-state index contributed by atoms with van der Waals surface area (Å²) in [6.07, 6.45) is 4.75. The second-order valence-electron chi connectivity index (χ2n) is 10.3. The molecule has 4 aliphatic carbocycles. The van der Waals surface area contributed by atoms with E-state index in [2.05, 4.69) is 5.32 Å². The third kappa shape index (κ3) is 3.82. The van der Waals surface area contributed by atoms with Gasteiger partial charge in [-0.15, -0.1) is 11.8 Å². The van der Waals surface area contributed by atoms with Crippen LogP contribution in [0.4, 0.5) is 4.79 Å². The van der Waals surface area contributed by atoms with Crippen molar-refractivity contribution in [2.75, 3.05) is 18.2 Å². The lowest BCUT2D eigenvalue weighted by Crippen LogP contribution is -2.66. The van der Waals surface area contributed by atoms with E-state index < -0.39 is 23.3 Å². The van der Waals surface area contributed by atoms with Gasteiger partial charge in [0, 0.05) is 17.7 Å². The maximum absolute atomic E-state index is 13.4. The fourth-order valence-corrected chi connectivity index (χ4v) is 7.25. The lowest BCUT2D eigenvalue weighted by molar-refractivity contribution is -0.179. The molecule has 5 fully saturated rings. The molecular formula is C20H32N2O4S. The molecule has 0 aromatic heterocycles. The van der Waals surface area contributed by atoms with E-state index >= 15 is 0 Å². The minimum absolute atomic E-state index is 0.00332. The number of aliphatic hydroxyl groups is 1. The zero-order valence-corrected chi connectivity index (χ0v) is 17.4. The summed E-state index contributed by atoms with van der Waals surface area (Å²) in [5.41, 5.74) is -1.63. The van der Waals surface area contributed by atoms with Crippen molar-refractivity contribution in [3.8, 4) is 0 Å². The van der Waals surface area contributed by atoms with Crippen LogP contribution in [0.5, 0.6) is 0 Å². The SMILES string of the molecule is CC(C)(C)OC(=O)NC(C(=O)N1CCSC1)C12CC3CC(CC(O)(C3)C1)C2. The summed E-state index contributed by atoms with van der Waals surface area (Å²) >= 11 is 1.74. The van der Waals surface area contributed by atoms with Gasteiger partial charge in [-0.25, -0.2) is 4.79 Å². The molecule has 152 valence electrons. The summed E-state index contributed by atoms with van der Waals surface area (Å²) in [6, 6.07) is -0.608. The highest BCUT2D eigenvalue weighted by molar-refractivity contribution is 7.99. The predicted octanol–water partition coefficient (Wildman–Crippen LogP) is 2.74. The number of hydrogen-bond donors (Lipinski definition) is 2. The van der Waals surface area contributed by atoms with Crippen molar-refractivity contribution in [2.45, 2.75) is 76.5 Å². The van der Waals surface area contributed by atoms with E-state index in [1.54, 1.807) is 11.8 Å². The highest BCUT2D eigenvalue weighted by atomic mass is 32.2. The number of amides is 2. The van der Waals surface area contributed by atoms with Gasteiger partial charge in [-0.1, -0.05) is 0 Å². The van der Waals surface area contributed by atoms with E-state index in [9.17, 15) is 14.7 Å². The lowest BCUT2D eigenvalue weighted by atomic mass is 9.46.